The van der Waals surface area contributed by atoms with E-state index in [0.29, 0.717) is 24.5 Å². The molecule has 1 fully saturated rings. The van der Waals surface area contributed by atoms with Crippen molar-refractivity contribution >= 4 is 6.29 Å². The maximum Gasteiger partial charge on any atom is 0.266 e. The zero-order valence-corrected chi connectivity index (χ0v) is 24.4. The highest BCUT2D eigenvalue weighted by Gasteiger charge is 2.22. The number of aliphatic hydroxyl groups excluding tert-OH is 1. The number of methoxy groups -OCH3 is 1. The molecule has 1 unspecified atom stereocenters. The minimum atomic E-state index is -1.54. The molecule has 1 N–H and O–H groups in total. The molecule has 1 aliphatic carbocycles. The monoisotopic (exact) mass is 554 g/mol. The molecule has 1 atom stereocenters. The largest absolute Gasteiger partial charge is 0.396 e. The number of aliphatic hydroxyl groups is 1. The topological polar surface area (TPSA) is 46.5 Å². The summed E-state index contributed by atoms with van der Waals surface area (Å²) in [6, 6.07) is 18.0. The van der Waals surface area contributed by atoms with Gasteiger partial charge in [0, 0.05) is 19.6 Å². The zero-order chi connectivity index (χ0) is 29.2. The molecule has 0 spiro atoms. The summed E-state index contributed by atoms with van der Waals surface area (Å²) in [7, 11) is 1.68. The van der Waals surface area contributed by atoms with Crippen LogP contribution in [-0.2, 0) is 28.8 Å². The second-order valence-corrected chi connectivity index (χ2v) is 11.2. The standard InChI is InChI=1S/C31H42F2O2.C4H6O/c1-35-23-28(22-34)21-27-11-9-25(10-12-27)7-8-26-15-19-30(20-16-26)29-17-13-24(14-18-29)5-3-2-4-6-31(32)33;1-4(2)3-5/h6,9-12,15-16,19-20,24,28-29,34H,2-5,7-8,13-14,17-18,21-23H2,1H3;3H,1H2,2H3. The Morgan fingerprint density at radius 3 is 2.02 bits per heavy atom. The van der Waals surface area contributed by atoms with Crippen LogP contribution in [-0.4, -0.2) is 31.7 Å². The molecule has 0 bridgehead atoms. The van der Waals surface area contributed by atoms with E-state index in [4.69, 9.17) is 4.74 Å². The molecular weight excluding hydrogens is 506 g/mol. The van der Waals surface area contributed by atoms with Crippen LogP contribution in [0.15, 0.2) is 72.8 Å². The lowest BCUT2D eigenvalue weighted by molar-refractivity contribution is -0.104. The summed E-state index contributed by atoms with van der Waals surface area (Å²) in [5.41, 5.74) is 6.01. The van der Waals surface area contributed by atoms with Crippen molar-refractivity contribution in [2.75, 3.05) is 20.3 Å². The van der Waals surface area contributed by atoms with Crippen molar-refractivity contribution < 1.29 is 23.4 Å². The summed E-state index contributed by atoms with van der Waals surface area (Å²) in [6.07, 6.45) is 11.8. The number of hydrogen-bond acceptors (Lipinski definition) is 3. The van der Waals surface area contributed by atoms with E-state index in [1.54, 1.807) is 14.0 Å². The summed E-state index contributed by atoms with van der Waals surface area (Å²) in [6.45, 7) is 5.70. The molecule has 40 heavy (non-hydrogen) atoms. The predicted molar refractivity (Wildman–Crippen MR) is 161 cm³/mol. The third kappa shape index (κ3) is 13.6. The number of hydrogen-bond donors (Lipinski definition) is 1. The number of unbranched alkanes of at least 4 members (excludes halogenated alkanes) is 2. The Labute approximate surface area is 240 Å². The van der Waals surface area contributed by atoms with E-state index in [1.165, 1.54) is 54.4 Å². The van der Waals surface area contributed by atoms with Gasteiger partial charge in [-0.05, 0) is 110 Å². The molecule has 3 nitrogen and oxygen atoms in total. The maximum atomic E-state index is 12.1. The minimum absolute atomic E-state index is 0.150. The van der Waals surface area contributed by atoms with E-state index < -0.39 is 6.08 Å². The van der Waals surface area contributed by atoms with Gasteiger partial charge < -0.3 is 9.84 Å². The van der Waals surface area contributed by atoms with Crippen molar-refractivity contribution in [2.45, 2.75) is 83.5 Å². The van der Waals surface area contributed by atoms with Crippen LogP contribution < -0.4 is 0 Å². The summed E-state index contributed by atoms with van der Waals surface area (Å²) >= 11 is 0. The van der Waals surface area contributed by atoms with Crippen molar-refractivity contribution in [2.24, 2.45) is 11.8 Å². The lowest BCUT2D eigenvalue weighted by atomic mass is 9.77. The maximum absolute atomic E-state index is 12.1. The van der Waals surface area contributed by atoms with Gasteiger partial charge in [0.05, 0.1) is 6.61 Å². The highest BCUT2D eigenvalue weighted by molar-refractivity contribution is 5.70. The quantitative estimate of drug-likeness (QED) is 0.136. The van der Waals surface area contributed by atoms with Gasteiger partial charge in [0.25, 0.3) is 6.08 Å². The van der Waals surface area contributed by atoms with Gasteiger partial charge in [0.2, 0.25) is 0 Å². The first-order chi connectivity index (χ1) is 19.3. The van der Waals surface area contributed by atoms with E-state index >= 15 is 0 Å². The third-order valence-electron chi connectivity index (χ3n) is 7.77. The molecule has 0 amide bonds. The third-order valence-corrected chi connectivity index (χ3v) is 7.77. The summed E-state index contributed by atoms with van der Waals surface area (Å²) in [5, 5.41) is 9.46. The predicted octanol–water partition coefficient (Wildman–Crippen LogP) is 8.65. The fourth-order valence-corrected chi connectivity index (χ4v) is 5.41. The molecule has 5 heteroatoms. The Balaban J connectivity index is 0.00000103. The van der Waals surface area contributed by atoms with Crippen LogP contribution in [0.5, 0.6) is 0 Å². The second kappa shape index (κ2) is 19.4. The van der Waals surface area contributed by atoms with Gasteiger partial charge >= 0.3 is 0 Å². The van der Waals surface area contributed by atoms with Crippen molar-refractivity contribution in [1.82, 2.24) is 0 Å². The molecule has 0 radical (unpaired) electrons. The molecule has 0 saturated heterocycles. The van der Waals surface area contributed by atoms with Gasteiger partial charge in [0.1, 0.15) is 6.29 Å². The molecule has 1 saturated carbocycles. The average Bonchev–Trinajstić information content (AvgIpc) is 2.97. The van der Waals surface area contributed by atoms with E-state index in [0.717, 1.165) is 50.4 Å². The second-order valence-electron chi connectivity index (χ2n) is 11.2. The van der Waals surface area contributed by atoms with Crippen molar-refractivity contribution in [3.8, 4) is 0 Å². The number of halogens is 2. The molecule has 1 aliphatic rings. The van der Waals surface area contributed by atoms with Crippen molar-refractivity contribution in [3.63, 3.8) is 0 Å². The SMILES string of the molecule is C=C(C)C=O.COCC(CO)Cc1ccc(CCc2ccc(C3CCC(CCCCC=C(F)F)CC3)cc2)cc1. The first-order valence-electron chi connectivity index (χ1n) is 14.7. The summed E-state index contributed by atoms with van der Waals surface area (Å²) < 4.78 is 29.4. The highest BCUT2D eigenvalue weighted by Crippen LogP contribution is 2.37. The van der Waals surface area contributed by atoms with Gasteiger partial charge in [-0.25, -0.2) is 0 Å². The van der Waals surface area contributed by atoms with Crippen molar-refractivity contribution in [3.05, 3.63) is 95.1 Å². The smallest absolute Gasteiger partial charge is 0.266 e. The fourth-order valence-electron chi connectivity index (χ4n) is 5.41. The van der Waals surface area contributed by atoms with Crippen LogP contribution in [0.25, 0.3) is 0 Å². The van der Waals surface area contributed by atoms with E-state index in [1.807, 2.05) is 0 Å². The Kier molecular flexibility index (Phi) is 16.3. The van der Waals surface area contributed by atoms with Crippen molar-refractivity contribution in [1.29, 1.82) is 0 Å². The van der Waals surface area contributed by atoms with Gasteiger partial charge in [-0.2, -0.15) is 8.78 Å². The lowest BCUT2D eigenvalue weighted by Gasteiger charge is -2.29. The Morgan fingerprint density at radius 2 is 1.52 bits per heavy atom. The van der Waals surface area contributed by atoms with Crippen LogP contribution in [0.1, 0.15) is 86.5 Å². The molecule has 0 aliphatic heterocycles. The molecule has 0 heterocycles. The first-order valence-corrected chi connectivity index (χ1v) is 14.7. The number of benzene rings is 2. The number of allylic oxidation sites excluding steroid dienone is 2. The van der Waals surface area contributed by atoms with E-state index in [-0.39, 0.29) is 12.5 Å². The molecule has 2 aromatic rings. The fraction of sp³-hybridized carbons (Fsp3) is 0.514. The van der Waals surface area contributed by atoms with Gasteiger partial charge in [-0.3, -0.25) is 4.79 Å². The van der Waals surface area contributed by atoms with Gasteiger partial charge in [0.15, 0.2) is 0 Å². The Bertz CT molecular complexity index is 1000. The van der Waals surface area contributed by atoms with Gasteiger partial charge in [-0.1, -0.05) is 68.0 Å². The van der Waals surface area contributed by atoms with Crippen LogP contribution in [0, 0.1) is 11.8 Å². The number of aryl methyl sites for hydroxylation is 2. The van der Waals surface area contributed by atoms with Crippen LogP contribution >= 0.6 is 0 Å². The van der Waals surface area contributed by atoms with Gasteiger partial charge in [-0.15, -0.1) is 0 Å². The zero-order valence-electron chi connectivity index (χ0n) is 24.4. The number of carbonyl (C=O) groups is 1. The normalized spacial score (nSPS) is 17.3. The van der Waals surface area contributed by atoms with E-state index in [2.05, 4.69) is 55.1 Å². The Hall–Kier alpha value is -2.63. The summed E-state index contributed by atoms with van der Waals surface area (Å²) in [4.78, 5) is 9.41. The molecule has 0 aromatic heterocycles. The number of rotatable bonds is 15. The first kappa shape index (κ1) is 33.6. The molecule has 2 aromatic carbocycles. The average molecular weight is 555 g/mol. The number of carbonyl (C=O) groups excluding carboxylic acids is 1. The van der Waals surface area contributed by atoms with Crippen LogP contribution in [0.3, 0.4) is 0 Å². The van der Waals surface area contributed by atoms with E-state index in [9.17, 15) is 18.7 Å². The molecular formula is C35H48F2O3. The summed E-state index contributed by atoms with van der Waals surface area (Å²) in [5.74, 6) is 1.59. The highest BCUT2D eigenvalue weighted by atomic mass is 19.3. The lowest BCUT2D eigenvalue weighted by Crippen LogP contribution is -2.15. The Morgan fingerprint density at radius 1 is 0.975 bits per heavy atom. The molecule has 220 valence electrons. The molecule has 3 rings (SSSR count). The van der Waals surface area contributed by atoms with Crippen LogP contribution in [0.4, 0.5) is 8.78 Å². The van der Waals surface area contributed by atoms with Crippen LogP contribution in [0.2, 0.25) is 0 Å². The minimum Gasteiger partial charge on any atom is -0.396 e. The number of aldehydes is 1. The number of ether oxygens (including phenoxy) is 1.